The van der Waals surface area contributed by atoms with E-state index in [4.69, 9.17) is 9.47 Å². The largest absolute Gasteiger partial charge is 0.484 e. The zero-order chi connectivity index (χ0) is 20.5. The molecule has 0 saturated carbocycles. The zero-order valence-electron chi connectivity index (χ0n) is 15.2. The van der Waals surface area contributed by atoms with Crippen molar-refractivity contribution in [2.24, 2.45) is 5.10 Å². The number of ether oxygens (including phenoxy) is 2. The Labute approximate surface area is 176 Å². The van der Waals surface area contributed by atoms with E-state index in [1.165, 1.54) is 6.21 Å². The third-order valence-corrected chi connectivity index (χ3v) is 4.37. The van der Waals surface area contributed by atoms with E-state index in [0.717, 1.165) is 0 Å². The van der Waals surface area contributed by atoms with Gasteiger partial charge < -0.3 is 9.47 Å². The lowest BCUT2D eigenvalue weighted by Crippen LogP contribution is -2.24. The number of hydrazone groups is 1. The summed E-state index contributed by atoms with van der Waals surface area (Å²) in [5.41, 5.74) is 3.47. The van der Waals surface area contributed by atoms with Gasteiger partial charge in [0.2, 0.25) is 0 Å². The monoisotopic (exact) mass is 452 g/mol. The minimum atomic E-state index is -0.474. The molecule has 3 rings (SSSR count). The quantitative estimate of drug-likeness (QED) is 0.252. The first-order valence-electron chi connectivity index (χ1n) is 8.68. The Balaban J connectivity index is 1.53. The molecule has 0 atom stereocenters. The summed E-state index contributed by atoms with van der Waals surface area (Å²) >= 11 is 3.33. The number of hydrogen-bond acceptors (Lipinski definition) is 5. The molecular formula is C22H17BrN2O4. The molecule has 29 heavy (non-hydrogen) atoms. The highest BCUT2D eigenvalue weighted by atomic mass is 79.9. The van der Waals surface area contributed by atoms with E-state index in [1.54, 1.807) is 54.6 Å². The summed E-state index contributed by atoms with van der Waals surface area (Å²) in [6, 6.07) is 22.8. The van der Waals surface area contributed by atoms with Gasteiger partial charge in [0.25, 0.3) is 5.91 Å². The number of amides is 1. The standard InChI is InChI=1S/C22H17BrN2O4/c23-20-12-5-4-11-19(20)22(27)29-18-10-6-7-16(13-18)14-24-25-21(26)15-28-17-8-2-1-3-9-17/h1-14H,15H2,(H,25,26). The predicted octanol–water partition coefficient (Wildman–Crippen LogP) is 4.20. The maximum Gasteiger partial charge on any atom is 0.344 e. The number of carbonyl (C=O) groups is 2. The highest BCUT2D eigenvalue weighted by Gasteiger charge is 2.11. The molecule has 1 amide bonds. The summed E-state index contributed by atoms with van der Waals surface area (Å²) in [6.45, 7) is -0.148. The zero-order valence-corrected chi connectivity index (χ0v) is 16.8. The highest BCUT2D eigenvalue weighted by Crippen LogP contribution is 2.19. The number of rotatable bonds is 7. The first kappa shape index (κ1) is 20.3. The Hall–Kier alpha value is -3.45. The molecule has 7 heteroatoms. The van der Waals surface area contributed by atoms with Gasteiger partial charge in [0.05, 0.1) is 11.8 Å². The van der Waals surface area contributed by atoms with E-state index in [-0.39, 0.29) is 12.5 Å². The summed E-state index contributed by atoms with van der Waals surface area (Å²) < 4.78 is 11.4. The maximum atomic E-state index is 12.3. The molecule has 0 heterocycles. The van der Waals surface area contributed by atoms with Crippen molar-refractivity contribution in [1.29, 1.82) is 0 Å². The minimum absolute atomic E-state index is 0.148. The summed E-state index contributed by atoms with van der Waals surface area (Å²) in [4.78, 5) is 24.1. The number of nitrogens with one attached hydrogen (secondary N) is 1. The molecule has 0 fully saturated rings. The molecule has 0 unspecified atom stereocenters. The van der Waals surface area contributed by atoms with Crippen molar-refractivity contribution in [3.8, 4) is 11.5 Å². The smallest absolute Gasteiger partial charge is 0.344 e. The van der Waals surface area contributed by atoms with E-state index >= 15 is 0 Å². The maximum absolute atomic E-state index is 12.3. The second-order valence-corrected chi connectivity index (χ2v) is 6.69. The number of hydrogen-bond donors (Lipinski definition) is 1. The molecule has 6 nitrogen and oxygen atoms in total. The van der Waals surface area contributed by atoms with Gasteiger partial charge in [-0.25, -0.2) is 10.2 Å². The first-order valence-corrected chi connectivity index (χ1v) is 9.47. The van der Waals surface area contributed by atoms with Crippen molar-refractivity contribution in [1.82, 2.24) is 5.43 Å². The molecular weight excluding hydrogens is 436 g/mol. The SMILES string of the molecule is O=C(COc1ccccc1)NN=Cc1cccc(OC(=O)c2ccccc2Br)c1. The highest BCUT2D eigenvalue weighted by molar-refractivity contribution is 9.10. The Morgan fingerprint density at radius 1 is 0.931 bits per heavy atom. The van der Waals surface area contributed by atoms with Gasteiger partial charge in [-0.05, 0) is 57.9 Å². The van der Waals surface area contributed by atoms with Crippen LogP contribution in [0, 0.1) is 0 Å². The van der Waals surface area contributed by atoms with Gasteiger partial charge in [0.1, 0.15) is 11.5 Å². The van der Waals surface area contributed by atoms with Gasteiger partial charge in [-0.3, -0.25) is 4.79 Å². The lowest BCUT2D eigenvalue weighted by atomic mass is 10.2. The molecule has 146 valence electrons. The van der Waals surface area contributed by atoms with Gasteiger partial charge in [-0.1, -0.05) is 42.5 Å². The molecule has 0 radical (unpaired) electrons. The van der Waals surface area contributed by atoms with Crippen LogP contribution in [0.3, 0.4) is 0 Å². The van der Waals surface area contributed by atoms with E-state index in [0.29, 0.717) is 27.1 Å². The van der Waals surface area contributed by atoms with Crippen LogP contribution in [-0.2, 0) is 4.79 Å². The van der Waals surface area contributed by atoms with E-state index in [1.807, 2.05) is 24.3 Å². The van der Waals surface area contributed by atoms with Crippen molar-refractivity contribution in [3.63, 3.8) is 0 Å². The van der Waals surface area contributed by atoms with Crippen molar-refractivity contribution in [2.75, 3.05) is 6.61 Å². The van der Waals surface area contributed by atoms with Crippen LogP contribution in [0.4, 0.5) is 0 Å². The predicted molar refractivity (Wildman–Crippen MR) is 113 cm³/mol. The summed E-state index contributed by atoms with van der Waals surface area (Å²) in [7, 11) is 0. The third-order valence-electron chi connectivity index (χ3n) is 3.68. The van der Waals surface area contributed by atoms with Crippen LogP contribution < -0.4 is 14.9 Å². The Kier molecular flexibility index (Phi) is 7.13. The van der Waals surface area contributed by atoms with Gasteiger partial charge in [-0.15, -0.1) is 0 Å². The normalized spacial score (nSPS) is 10.5. The van der Waals surface area contributed by atoms with Crippen molar-refractivity contribution in [2.45, 2.75) is 0 Å². The Morgan fingerprint density at radius 3 is 2.45 bits per heavy atom. The molecule has 0 aliphatic rings. The van der Waals surface area contributed by atoms with Gasteiger partial charge >= 0.3 is 5.97 Å². The molecule has 0 spiro atoms. The number of para-hydroxylation sites is 1. The van der Waals surface area contributed by atoms with E-state index < -0.39 is 5.97 Å². The van der Waals surface area contributed by atoms with Crippen molar-refractivity contribution >= 4 is 34.0 Å². The summed E-state index contributed by atoms with van der Waals surface area (Å²) in [5, 5.41) is 3.89. The van der Waals surface area contributed by atoms with Crippen LogP contribution in [0.25, 0.3) is 0 Å². The first-order chi connectivity index (χ1) is 14.1. The number of carbonyl (C=O) groups excluding carboxylic acids is 2. The van der Waals surface area contributed by atoms with Crippen molar-refractivity contribution < 1.29 is 19.1 Å². The lowest BCUT2D eigenvalue weighted by Gasteiger charge is -2.06. The second kappa shape index (κ2) is 10.2. The number of benzene rings is 3. The van der Waals surface area contributed by atoms with Crippen LogP contribution >= 0.6 is 15.9 Å². The van der Waals surface area contributed by atoms with Crippen LogP contribution in [0.1, 0.15) is 15.9 Å². The molecule has 0 bridgehead atoms. The Morgan fingerprint density at radius 2 is 1.66 bits per heavy atom. The summed E-state index contributed by atoms with van der Waals surface area (Å²) in [5.74, 6) is 0.110. The van der Waals surface area contributed by atoms with Gasteiger partial charge in [-0.2, -0.15) is 5.10 Å². The molecule has 0 aromatic heterocycles. The molecule has 1 N–H and O–H groups in total. The fourth-order valence-electron chi connectivity index (χ4n) is 2.32. The molecule has 0 aliphatic heterocycles. The Bertz CT molecular complexity index is 1020. The summed E-state index contributed by atoms with van der Waals surface area (Å²) in [6.07, 6.45) is 1.45. The van der Waals surface area contributed by atoms with E-state index in [9.17, 15) is 9.59 Å². The molecule has 3 aromatic rings. The van der Waals surface area contributed by atoms with Crippen LogP contribution in [0.15, 0.2) is 88.4 Å². The van der Waals surface area contributed by atoms with Crippen LogP contribution in [0.2, 0.25) is 0 Å². The molecule has 0 saturated heterocycles. The van der Waals surface area contributed by atoms with Crippen LogP contribution in [-0.4, -0.2) is 24.7 Å². The van der Waals surface area contributed by atoms with Crippen molar-refractivity contribution in [3.05, 3.63) is 94.5 Å². The average molecular weight is 453 g/mol. The average Bonchev–Trinajstić information content (AvgIpc) is 2.73. The lowest BCUT2D eigenvalue weighted by molar-refractivity contribution is -0.123. The third kappa shape index (κ3) is 6.29. The fourth-order valence-corrected chi connectivity index (χ4v) is 2.77. The van der Waals surface area contributed by atoms with E-state index in [2.05, 4.69) is 26.5 Å². The number of halogens is 1. The van der Waals surface area contributed by atoms with Gasteiger partial charge in [0, 0.05) is 4.47 Å². The van der Waals surface area contributed by atoms with Crippen LogP contribution in [0.5, 0.6) is 11.5 Å². The van der Waals surface area contributed by atoms with Gasteiger partial charge in [0.15, 0.2) is 6.61 Å². The minimum Gasteiger partial charge on any atom is -0.484 e. The fraction of sp³-hybridized carbons (Fsp3) is 0.0455. The molecule has 0 aliphatic carbocycles. The second-order valence-electron chi connectivity index (χ2n) is 5.84. The number of esters is 1. The topological polar surface area (TPSA) is 77.0 Å². The molecule has 3 aromatic carbocycles. The number of nitrogens with zero attached hydrogens (tertiary/aromatic N) is 1.